The Bertz CT molecular complexity index is 864. The number of hydrogen-bond acceptors (Lipinski definition) is 3. The van der Waals surface area contributed by atoms with Crippen molar-refractivity contribution in [2.75, 3.05) is 0 Å². The SMILES string of the molecule is Cc1ccc(-c2ccc(OC(F)(F)F)cc2)c(C)c1C(=C=O)C(=O)Cl. The standard InChI is InChI=1S/C18H12ClF3O3/c1-10-3-8-14(11(2)16(10)15(9-23)17(19)24)12-4-6-13(7-5-12)25-18(20,21)22/h3-8H,1-2H3. The quantitative estimate of drug-likeness (QED) is 0.440. The van der Waals surface area contributed by atoms with Crippen molar-refractivity contribution in [1.82, 2.24) is 0 Å². The van der Waals surface area contributed by atoms with Gasteiger partial charge in [0.05, 0.1) is 0 Å². The van der Waals surface area contributed by atoms with Gasteiger partial charge in [0, 0.05) is 5.56 Å². The molecule has 0 saturated heterocycles. The van der Waals surface area contributed by atoms with Crippen LogP contribution in [0.4, 0.5) is 13.2 Å². The topological polar surface area (TPSA) is 43.4 Å². The molecule has 130 valence electrons. The molecule has 0 aliphatic heterocycles. The first-order valence-corrected chi connectivity index (χ1v) is 7.43. The Morgan fingerprint density at radius 3 is 2.16 bits per heavy atom. The van der Waals surface area contributed by atoms with Crippen molar-refractivity contribution < 1.29 is 27.5 Å². The van der Waals surface area contributed by atoms with Gasteiger partial charge in [-0.2, -0.15) is 0 Å². The molecule has 0 N–H and O–H groups in total. The van der Waals surface area contributed by atoms with Gasteiger partial charge in [-0.25, -0.2) is 4.79 Å². The van der Waals surface area contributed by atoms with E-state index in [1.807, 2.05) is 0 Å². The van der Waals surface area contributed by atoms with E-state index in [2.05, 4.69) is 4.74 Å². The summed E-state index contributed by atoms with van der Waals surface area (Å²) in [5.74, 6) is 1.21. The van der Waals surface area contributed by atoms with E-state index in [1.54, 1.807) is 31.9 Å². The number of carbonyl (C=O) groups is 1. The van der Waals surface area contributed by atoms with E-state index in [4.69, 9.17) is 11.6 Å². The number of hydrogen-bond donors (Lipinski definition) is 0. The van der Waals surface area contributed by atoms with Gasteiger partial charge >= 0.3 is 6.36 Å². The summed E-state index contributed by atoms with van der Waals surface area (Å²) in [4.78, 5) is 22.5. The molecule has 2 aromatic carbocycles. The molecular formula is C18H12ClF3O3. The lowest BCUT2D eigenvalue weighted by molar-refractivity contribution is -0.274. The largest absolute Gasteiger partial charge is 0.573 e. The van der Waals surface area contributed by atoms with Crippen LogP contribution in [0.3, 0.4) is 0 Å². The number of allylic oxidation sites excluding steroid dienone is 1. The minimum Gasteiger partial charge on any atom is -0.406 e. The zero-order chi connectivity index (χ0) is 18.8. The smallest absolute Gasteiger partial charge is 0.406 e. The molecule has 0 bridgehead atoms. The summed E-state index contributed by atoms with van der Waals surface area (Å²) in [6, 6.07) is 8.71. The number of carbonyl (C=O) groups excluding carboxylic acids is 2. The number of benzene rings is 2. The second-order valence-corrected chi connectivity index (χ2v) is 5.60. The number of aryl methyl sites for hydroxylation is 1. The van der Waals surface area contributed by atoms with E-state index < -0.39 is 11.6 Å². The van der Waals surface area contributed by atoms with Gasteiger partial charge in [0.2, 0.25) is 0 Å². The van der Waals surface area contributed by atoms with Crippen molar-refractivity contribution in [3.05, 3.63) is 53.1 Å². The molecule has 7 heteroatoms. The van der Waals surface area contributed by atoms with Crippen LogP contribution in [0, 0.1) is 13.8 Å². The monoisotopic (exact) mass is 368 g/mol. The minimum atomic E-state index is -4.77. The van der Waals surface area contributed by atoms with Crippen molar-refractivity contribution in [2.45, 2.75) is 20.2 Å². The summed E-state index contributed by atoms with van der Waals surface area (Å²) in [5, 5.41) is -0.924. The molecule has 0 atom stereocenters. The summed E-state index contributed by atoms with van der Waals surface area (Å²) in [6.45, 7) is 3.40. The summed E-state index contributed by atoms with van der Waals surface area (Å²) in [6.07, 6.45) is -4.77. The van der Waals surface area contributed by atoms with Gasteiger partial charge in [-0.15, -0.1) is 13.2 Å². The molecule has 0 aromatic heterocycles. The van der Waals surface area contributed by atoms with Crippen LogP contribution in [0.5, 0.6) is 5.75 Å². The molecule has 0 spiro atoms. The van der Waals surface area contributed by atoms with Crippen molar-refractivity contribution in [3.8, 4) is 16.9 Å². The molecule has 2 rings (SSSR count). The normalized spacial score (nSPS) is 11.0. The van der Waals surface area contributed by atoms with E-state index in [9.17, 15) is 22.8 Å². The Morgan fingerprint density at radius 1 is 1.08 bits per heavy atom. The maximum Gasteiger partial charge on any atom is 0.573 e. The van der Waals surface area contributed by atoms with E-state index in [0.717, 1.165) is 0 Å². The molecule has 0 unspecified atom stereocenters. The number of halogens is 4. The van der Waals surface area contributed by atoms with E-state index in [-0.39, 0.29) is 11.3 Å². The highest BCUT2D eigenvalue weighted by molar-refractivity contribution is 6.75. The van der Waals surface area contributed by atoms with E-state index in [0.29, 0.717) is 27.8 Å². The van der Waals surface area contributed by atoms with Gasteiger partial charge < -0.3 is 4.74 Å². The average molecular weight is 369 g/mol. The maximum absolute atomic E-state index is 12.2. The van der Waals surface area contributed by atoms with Crippen molar-refractivity contribution in [3.63, 3.8) is 0 Å². The molecule has 0 fully saturated rings. The van der Waals surface area contributed by atoms with Gasteiger partial charge in [-0.1, -0.05) is 24.3 Å². The Hall–Kier alpha value is -2.56. The maximum atomic E-state index is 12.2. The third-order valence-corrected chi connectivity index (χ3v) is 3.81. The first-order chi connectivity index (χ1) is 11.6. The summed E-state index contributed by atoms with van der Waals surface area (Å²) in [5.41, 5.74) is 2.58. The molecule has 2 aromatic rings. The molecule has 0 amide bonds. The van der Waals surface area contributed by atoms with Gasteiger partial charge in [-0.05, 0) is 59.8 Å². The zero-order valence-electron chi connectivity index (χ0n) is 13.2. The molecule has 0 heterocycles. The van der Waals surface area contributed by atoms with Crippen LogP contribution in [-0.4, -0.2) is 17.5 Å². The van der Waals surface area contributed by atoms with Crippen LogP contribution in [-0.2, 0) is 9.59 Å². The molecule has 25 heavy (non-hydrogen) atoms. The van der Waals surface area contributed by atoms with E-state index >= 15 is 0 Å². The van der Waals surface area contributed by atoms with Crippen LogP contribution >= 0.6 is 11.6 Å². The van der Waals surface area contributed by atoms with Gasteiger partial charge in [0.15, 0.2) is 0 Å². The molecule has 3 nitrogen and oxygen atoms in total. The fraction of sp³-hybridized carbons (Fsp3) is 0.167. The van der Waals surface area contributed by atoms with Gasteiger partial charge in [0.1, 0.15) is 17.3 Å². The van der Waals surface area contributed by atoms with E-state index in [1.165, 1.54) is 24.3 Å². The fourth-order valence-electron chi connectivity index (χ4n) is 2.57. The van der Waals surface area contributed by atoms with Crippen molar-refractivity contribution >= 4 is 28.4 Å². The third kappa shape index (κ3) is 4.29. The molecule has 0 aliphatic rings. The molecule has 0 aliphatic carbocycles. The molecule has 0 radical (unpaired) electrons. The van der Waals surface area contributed by atoms with Crippen molar-refractivity contribution in [1.29, 1.82) is 0 Å². The Morgan fingerprint density at radius 2 is 1.68 bits per heavy atom. The lowest BCUT2D eigenvalue weighted by atomic mass is 9.90. The van der Waals surface area contributed by atoms with Crippen molar-refractivity contribution in [2.24, 2.45) is 0 Å². The third-order valence-electron chi connectivity index (χ3n) is 3.62. The average Bonchev–Trinajstić information content (AvgIpc) is 2.50. The summed E-state index contributed by atoms with van der Waals surface area (Å²) >= 11 is 5.44. The van der Waals surface area contributed by atoms with Crippen LogP contribution in [0.25, 0.3) is 16.7 Å². The minimum absolute atomic E-state index is 0.282. The Labute approximate surface area is 146 Å². The number of alkyl halides is 3. The van der Waals surface area contributed by atoms with Crippen LogP contribution in [0.15, 0.2) is 36.4 Å². The second-order valence-electron chi connectivity index (χ2n) is 5.25. The summed E-state index contributed by atoms with van der Waals surface area (Å²) in [7, 11) is 0. The first kappa shape index (κ1) is 18.8. The molecule has 0 saturated carbocycles. The van der Waals surface area contributed by atoms with Crippen LogP contribution < -0.4 is 4.74 Å². The number of ether oxygens (including phenoxy) is 1. The Kier molecular flexibility index (Phi) is 5.36. The Balaban J connectivity index is 2.51. The van der Waals surface area contributed by atoms with Crippen LogP contribution in [0.1, 0.15) is 16.7 Å². The van der Waals surface area contributed by atoms with Gasteiger partial charge in [0.25, 0.3) is 5.24 Å². The summed E-state index contributed by atoms with van der Waals surface area (Å²) < 4.78 is 40.5. The predicted molar refractivity (Wildman–Crippen MR) is 88.0 cm³/mol. The lowest BCUT2D eigenvalue weighted by Crippen LogP contribution is -2.16. The second kappa shape index (κ2) is 7.13. The van der Waals surface area contributed by atoms with Gasteiger partial charge in [-0.3, -0.25) is 4.79 Å². The zero-order valence-corrected chi connectivity index (χ0v) is 14.0. The highest BCUT2D eigenvalue weighted by atomic mass is 35.5. The first-order valence-electron chi connectivity index (χ1n) is 7.05. The highest BCUT2D eigenvalue weighted by Gasteiger charge is 2.31. The predicted octanol–water partition coefficient (Wildman–Crippen LogP) is 4.85. The lowest BCUT2D eigenvalue weighted by Gasteiger charge is -2.14. The number of rotatable bonds is 4. The highest BCUT2D eigenvalue weighted by Crippen LogP contribution is 2.33. The molecular weight excluding hydrogens is 357 g/mol. The van der Waals surface area contributed by atoms with Crippen LogP contribution in [0.2, 0.25) is 0 Å². The fourth-order valence-corrected chi connectivity index (χ4v) is 2.70.